The lowest BCUT2D eigenvalue weighted by atomic mass is 9.87. The molecular weight excluding hydrogens is 480 g/mol. The fraction of sp³-hybridized carbons (Fsp3) is 0.310. The fourth-order valence-electron chi connectivity index (χ4n) is 5.19. The minimum atomic E-state index is -0.546. The molecule has 9 heteroatoms. The van der Waals surface area contributed by atoms with E-state index in [0.717, 1.165) is 60.5 Å². The first-order chi connectivity index (χ1) is 18.6. The highest BCUT2D eigenvalue weighted by Gasteiger charge is 2.39. The number of hydrogen-bond donors (Lipinski definition) is 3. The maximum Gasteiger partial charge on any atom is 0.251 e. The monoisotopic (exact) mass is 510 g/mol. The summed E-state index contributed by atoms with van der Waals surface area (Å²) in [5.74, 6) is 1.71. The van der Waals surface area contributed by atoms with Gasteiger partial charge < -0.3 is 25.1 Å². The first-order valence-corrected chi connectivity index (χ1v) is 13.0. The molecule has 2 aliphatic heterocycles. The number of nitrogens with zero attached hydrogens (tertiary/aromatic N) is 3. The molecule has 1 saturated heterocycles. The van der Waals surface area contributed by atoms with Crippen molar-refractivity contribution < 1.29 is 13.9 Å². The summed E-state index contributed by atoms with van der Waals surface area (Å²) in [4.78, 5) is 17.4. The molecule has 0 saturated carbocycles. The van der Waals surface area contributed by atoms with Crippen molar-refractivity contribution in [3.63, 3.8) is 0 Å². The van der Waals surface area contributed by atoms with Crippen molar-refractivity contribution in [2.24, 2.45) is 0 Å². The second-order valence-electron chi connectivity index (χ2n) is 9.89. The molecule has 1 amide bonds. The summed E-state index contributed by atoms with van der Waals surface area (Å²) in [6, 6.07) is 17.3. The van der Waals surface area contributed by atoms with Gasteiger partial charge in [-0.25, -0.2) is 0 Å². The molecule has 2 aliphatic rings. The van der Waals surface area contributed by atoms with E-state index in [0.29, 0.717) is 24.0 Å². The zero-order valence-electron chi connectivity index (χ0n) is 21.2. The predicted octanol–water partition coefficient (Wildman–Crippen LogP) is 4.38. The highest BCUT2D eigenvalue weighted by molar-refractivity contribution is 5.95. The Hall–Kier alpha value is -4.24. The van der Waals surface area contributed by atoms with Crippen LogP contribution in [0.25, 0.3) is 11.5 Å². The maximum atomic E-state index is 13.3. The van der Waals surface area contributed by atoms with E-state index in [1.165, 1.54) is 0 Å². The Labute approximate surface area is 221 Å². The zero-order chi connectivity index (χ0) is 26.0. The molecule has 0 spiro atoms. The van der Waals surface area contributed by atoms with E-state index in [9.17, 15) is 4.79 Å². The largest absolute Gasteiger partial charge is 0.493 e. The standard InChI is InChI=1S/C29H30N6O3/c1-19-5-6-25-23(17-19)24(9-16-37-25)32-26(36)21-3-2-4-22(18-21)33-29(10-14-31-15-11-29)28-35-34-27(38-28)20-7-12-30-13-8-20/h2-8,12-13,17-18,24,31,33H,9-11,14-16H2,1H3,(H,32,36)/t24-/m0/s1. The molecule has 3 N–H and O–H groups in total. The van der Waals surface area contributed by atoms with Crippen LogP contribution in [0.15, 0.2) is 71.4 Å². The van der Waals surface area contributed by atoms with Gasteiger partial charge in [-0.05, 0) is 69.3 Å². The van der Waals surface area contributed by atoms with E-state index < -0.39 is 5.54 Å². The third-order valence-corrected chi connectivity index (χ3v) is 7.24. The Morgan fingerprint density at radius 3 is 2.74 bits per heavy atom. The minimum Gasteiger partial charge on any atom is -0.493 e. The average Bonchev–Trinajstić information content (AvgIpc) is 3.46. The molecule has 4 aromatic rings. The molecule has 38 heavy (non-hydrogen) atoms. The molecule has 194 valence electrons. The van der Waals surface area contributed by atoms with Gasteiger partial charge in [0.1, 0.15) is 11.3 Å². The second kappa shape index (κ2) is 10.3. The Morgan fingerprint density at radius 1 is 1.05 bits per heavy atom. The van der Waals surface area contributed by atoms with Crippen molar-refractivity contribution in [1.29, 1.82) is 0 Å². The Morgan fingerprint density at radius 2 is 1.89 bits per heavy atom. The van der Waals surface area contributed by atoms with Crippen LogP contribution in [0.5, 0.6) is 5.75 Å². The van der Waals surface area contributed by atoms with Crippen molar-refractivity contribution in [2.75, 3.05) is 25.0 Å². The van der Waals surface area contributed by atoms with Crippen molar-refractivity contribution in [3.8, 4) is 17.2 Å². The van der Waals surface area contributed by atoms with E-state index >= 15 is 0 Å². The van der Waals surface area contributed by atoms with Gasteiger partial charge in [-0.3, -0.25) is 9.78 Å². The Kier molecular flexibility index (Phi) is 6.51. The summed E-state index contributed by atoms with van der Waals surface area (Å²) in [5, 5.41) is 19.0. The molecule has 6 rings (SSSR count). The summed E-state index contributed by atoms with van der Waals surface area (Å²) in [5.41, 5.74) is 3.85. The number of rotatable bonds is 6. The highest BCUT2D eigenvalue weighted by Crippen LogP contribution is 2.36. The van der Waals surface area contributed by atoms with E-state index in [1.807, 2.05) is 55.5 Å². The van der Waals surface area contributed by atoms with Gasteiger partial charge in [0.25, 0.3) is 5.91 Å². The predicted molar refractivity (Wildman–Crippen MR) is 143 cm³/mol. The molecule has 1 atom stereocenters. The lowest BCUT2D eigenvalue weighted by Crippen LogP contribution is -2.45. The van der Waals surface area contributed by atoms with Gasteiger partial charge in [-0.2, -0.15) is 0 Å². The number of benzene rings is 2. The quantitative estimate of drug-likeness (QED) is 0.350. The number of aromatic nitrogens is 3. The van der Waals surface area contributed by atoms with Crippen LogP contribution in [-0.2, 0) is 5.54 Å². The molecule has 9 nitrogen and oxygen atoms in total. The lowest BCUT2D eigenvalue weighted by molar-refractivity contribution is 0.0924. The van der Waals surface area contributed by atoms with E-state index in [1.54, 1.807) is 12.4 Å². The van der Waals surface area contributed by atoms with Gasteiger partial charge in [0.15, 0.2) is 0 Å². The van der Waals surface area contributed by atoms with Crippen LogP contribution in [-0.4, -0.2) is 40.8 Å². The smallest absolute Gasteiger partial charge is 0.251 e. The number of ether oxygens (including phenoxy) is 1. The van der Waals surface area contributed by atoms with Gasteiger partial charge in [-0.15, -0.1) is 10.2 Å². The first-order valence-electron chi connectivity index (χ1n) is 13.0. The van der Waals surface area contributed by atoms with Gasteiger partial charge in [-0.1, -0.05) is 23.8 Å². The third kappa shape index (κ3) is 4.84. The number of carbonyl (C=O) groups is 1. The molecule has 0 aliphatic carbocycles. The number of carbonyl (C=O) groups excluding carboxylic acids is 1. The number of fused-ring (bicyclic) bond motifs is 1. The van der Waals surface area contributed by atoms with Crippen molar-refractivity contribution in [3.05, 3.63) is 89.6 Å². The number of hydrogen-bond acceptors (Lipinski definition) is 8. The van der Waals surface area contributed by atoms with Crippen LogP contribution in [0.3, 0.4) is 0 Å². The molecular formula is C29H30N6O3. The molecule has 4 heterocycles. The second-order valence-corrected chi connectivity index (χ2v) is 9.89. The zero-order valence-corrected chi connectivity index (χ0v) is 21.2. The summed E-state index contributed by atoms with van der Waals surface area (Å²) in [6.45, 7) is 4.24. The van der Waals surface area contributed by atoms with Crippen molar-refractivity contribution in [1.82, 2.24) is 25.8 Å². The van der Waals surface area contributed by atoms with Crippen molar-refractivity contribution >= 4 is 11.6 Å². The molecule has 0 bridgehead atoms. The van der Waals surface area contributed by atoms with Gasteiger partial charge in [0.2, 0.25) is 11.8 Å². The number of aryl methyl sites for hydroxylation is 1. The topological polar surface area (TPSA) is 114 Å². The summed E-state index contributed by atoms with van der Waals surface area (Å²) >= 11 is 0. The lowest BCUT2D eigenvalue weighted by Gasteiger charge is -2.36. The van der Waals surface area contributed by atoms with Gasteiger partial charge >= 0.3 is 0 Å². The number of piperidine rings is 1. The summed E-state index contributed by atoms with van der Waals surface area (Å²) in [6.07, 6.45) is 5.66. The highest BCUT2D eigenvalue weighted by atomic mass is 16.5. The van der Waals surface area contributed by atoms with E-state index in [4.69, 9.17) is 9.15 Å². The fourth-order valence-corrected chi connectivity index (χ4v) is 5.19. The maximum absolute atomic E-state index is 13.3. The SMILES string of the molecule is Cc1ccc2c(c1)[C@@H](NC(=O)c1cccc(NC3(c4nnc(-c5ccncc5)o4)CCNCC3)c1)CCO2. The van der Waals surface area contributed by atoms with E-state index in [-0.39, 0.29) is 11.9 Å². The van der Waals surface area contributed by atoms with Gasteiger partial charge in [0, 0.05) is 41.2 Å². The van der Waals surface area contributed by atoms with Crippen LogP contribution >= 0.6 is 0 Å². The third-order valence-electron chi connectivity index (χ3n) is 7.24. The number of nitrogens with one attached hydrogen (secondary N) is 3. The number of anilines is 1. The molecule has 0 radical (unpaired) electrons. The van der Waals surface area contributed by atoms with Gasteiger partial charge in [0.05, 0.1) is 12.6 Å². The minimum absolute atomic E-state index is 0.0940. The summed E-state index contributed by atoms with van der Waals surface area (Å²) < 4.78 is 12.0. The average molecular weight is 511 g/mol. The normalized spacial score (nSPS) is 18.2. The van der Waals surface area contributed by atoms with Crippen LogP contribution < -0.4 is 20.7 Å². The first kappa shape index (κ1) is 24.1. The van der Waals surface area contributed by atoms with Crippen LogP contribution in [0.1, 0.15) is 52.7 Å². The molecule has 2 aromatic heterocycles. The van der Waals surface area contributed by atoms with Crippen molar-refractivity contribution in [2.45, 2.75) is 37.8 Å². The van der Waals surface area contributed by atoms with Crippen LogP contribution in [0.4, 0.5) is 5.69 Å². The Balaban J connectivity index is 1.23. The van der Waals surface area contributed by atoms with E-state index in [2.05, 4.69) is 37.2 Å². The molecule has 1 fully saturated rings. The van der Waals surface area contributed by atoms with Crippen LogP contribution in [0.2, 0.25) is 0 Å². The molecule has 0 unspecified atom stereocenters. The number of pyridine rings is 1. The molecule has 2 aromatic carbocycles. The number of amides is 1. The summed E-state index contributed by atoms with van der Waals surface area (Å²) in [7, 11) is 0. The van der Waals surface area contributed by atoms with Crippen LogP contribution in [0, 0.1) is 6.92 Å². The Bertz CT molecular complexity index is 1430.